The summed E-state index contributed by atoms with van der Waals surface area (Å²) in [5, 5.41) is 9.86. The Morgan fingerprint density at radius 2 is 1.29 bits per heavy atom. The van der Waals surface area contributed by atoms with E-state index in [1.165, 1.54) is 5.56 Å². The van der Waals surface area contributed by atoms with Gasteiger partial charge < -0.3 is 5.11 Å². The Hall–Kier alpha value is -0.980. The van der Waals surface area contributed by atoms with Crippen LogP contribution in [-0.4, -0.2) is 5.11 Å². The molecule has 100 valence electrons. The lowest BCUT2D eigenvalue weighted by Crippen LogP contribution is -2.12. The molecule has 1 aromatic carbocycles. The molecular formula is C16H30O. The zero-order valence-corrected chi connectivity index (χ0v) is 13.1. The number of rotatable bonds is 0. The van der Waals surface area contributed by atoms with Crippen molar-refractivity contribution in [3.8, 4) is 5.75 Å². The fraction of sp³-hybridized carbons (Fsp3) is 0.625. The van der Waals surface area contributed by atoms with E-state index >= 15 is 0 Å². The lowest BCUT2D eigenvalue weighted by molar-refractivity contribution is 0.442. The largest absolute Gasteiger partial charge is 0.507 e. The van der Waals surface area contributed by atoms with E-state index in [0.717, 1.165) is 11.1 Å². The Balaban J connectivity index is 0. The van der Waals surface area contributed by atoms with Crippen LogP contribution in [0.1, 0.15) is 65.2 Å². The monoisotopic (exact) mass is 238 g/mol. The highest BCUT2D eigenvalue weighted by atomic mass is 16.3. The molecule has 0 heterocycles. The lowest BCUT2D eigenvalue weighted by atomic mass is 9.84. The van der Waals surface area contributed by atoms with E-state index in [1.54, 1.807) is 0 Å². The molecule has 1 rings (SSSR count). The van der Waals surface area contributed by atoms with Crippen LogP contribution in [0.25, 0.3) is 0 Å². The van der Waals surface area contributed by atoms with Gasteiger partial charge in [0.1, 0.15) is 5.75 Å². The summed E-state index contributed by atoms with van der Waals surface area (Å²) in [7, 11) is 0. The van der Waals surface area contributed by atoms with Gasteiger partial charge in [-0.1, -0.05) is 66.2 Å². The summed E-state index contributed by atoms with van der Waals surface area (Å²) in [5.74, 6) is 0.443. The maximum atomic E-state index is 9.86. The Labute approximate surface area is 108 Å². The van der Waals surface area contributed by atoms with Crippen molar-refractivity contribution in [2.75, 3.05) is 0 Å². The molecule has 0 aliphatic heterocycles. The van der Waals surface area contributed by atoms with Crippen molar-refractivity contribution in [3.63, 3.8) is 0 Å². The van der Waals surface area contributed by atoms with Crippen LogP contribution in [0.2, 0.25) is 0 Å². The first-order chi connectivity index (χ1) is 7.82. The molecule has 1 heteroatoms. The van der Waals surface area contributed by atoms with Crippen molar-refractivity contribution in [3.05, 3.63) is 28.8 Å². The van der Waals surface area contributed by atoms with Crippen LogP contribution in [0.15, 0.2) is 12.1 Å². The van der Waals surface area contributed by atoms with Crippen LogP contribution >= 0.6 is 0 Å². The summed E-state index contributed by atoms with van der Waals surface area (Å²) in [6, 6.07) is 4.06. The topological polar surface area (TPSA) is 20.2 Å². The first-order valence-electron chi connectivity index (χ1n) is 6.63. The molecule has 0 atom stereocenters. The first kappa shape index (κ1) is 18.4. The highest BCUT2D eigenvalue weighted by Crippen LogP contribution is 2.33. The van der Waals surface area contributed by atoms with Crippen molar-refractivity contribution < 1.29 is 5.11 Å². The van der Waals surface area contributed by atoms with Crippen LogP contribution in [-0.2, 0) is 5.41 Å². The maximum Gasteiger partial charge on any atom is 0.122 e. The zero-order valence-electron chi connectivity index (χ0n) is 13.1. The predicted octanol–water partition coefficient (Wildman–Crippen LogP) is 5.36. The number of phenols is 1. The van der Waals surface area contributed by atoms with Gasteiger partial charge in [-0.15, -0.1) is 0 Å². The fourth-order valence-corrected chi connectivity index (χ4v) is 1.53. The quantitative estimate of drug-likeness (QED) is 0.645. The van der Waals surface area contributed by atoms with E-state index in [-0.39, 0.29) is 5.41 Å². The summed E-state index contributed by atoms with van der Waals surface area (Å²) in [5.41, 5.74) is 3.22. The third-order valence-electron chi connectivity index (χ3n) is 2.25. The predicted molar refractivity (Wildman–Crippen MR) is 79.0 cm³/mol. The molecule has 0 spiro atoms. The summed E-state index contributed by atoms with van der Waals surface area (Å²) in [4.78, 5) is 0. The van der Waals surface area contributed by atoms with Gasteiger partial charge in [-0.3, -0.25) is 0 Å². The summed E-state index contributed by atoms with van der Waals surface area (Å²) >= 11 is 0. The summed E-state index contributed by atoms with van der Waals surface area (Å²) in [6.45, 7) is 18.3. The van der Waals surface area contributed by atoms with E-state index in [4.69, 9.17) is 0 Å². The van der Waals surface area contributed by atoms with Crippen molar-refractivity contribution in [2.45, 2.75) is 67.7 Å². The summed E-state index contributed by atoms with van der Waals surface area (Å²) < 4.78 is 0. The highest BCUT2D eigenvalue weighted by molar-refractivity contribution is 5.45. The number of benzene rings is 1. The number of aryl methyl sites for hydroxylation is 2. The van der Waals surface area contributed by atoms with Gasteiger partial charge in [0.25, 0.3) is 0 Å². The van der Waals surface area contributed by atoms with Gasteiger partial charge in [0.05, 0.1) is 0 Å². The molecule has 0 radical (unpaired) electrons. The Kier molecular flexibility index (Phi) is 8.83. The number of phenolic OH excluding ortho intramolecular Hbond substituents is 1. The van der Waals surface area contributed by atoms with E-state index < -0.39 is 0 Å². The van der Waals surface area contributed by atoms with E-state index in [2.05, 4.69) is 33.8 Å². The van der Waals surface area contributed by atoms with Crippen LogP contribution in [0, 0.1) is 13.8 Å². The molecule has 0 bridgehead atoms. The van der Waals surface area contributed by atoms with Gasteiger partial charge in [-0.2, -0.15) is 0 Å². The second-order valence-corrected chi connectivity index (χ2v) is 4.73. The van der Waals surface area contributed by atoms with Gasteiger partial charge in [0.15, 0.2) is 0 Å². The van der Waals surface area contributed by atoms with E-state index in [0.29, 0.717) is 5.75 Å². The third-order valence-corrected chi connectivity index (χ3v) is 2.25. The third kappa shape index (κ3) is 5.76. The molecule has 0 fully saturated rings. The van der Waals surface area contributed by atoms with Crippen LogP contribution in [0.5, 0.6) is 5.75 Å². The summed E-state index contributed by atoms with van der Waals surface area (Å²) in [6.07, 6.45) is 0. The Bertz CT molecular complexity index is 319. The second-order valence-electron chi connectivity index (χ2n) is 4.73. The molecule has 0 amide bonds. The molecular weight excluding hydrogens is 208 g/mol. The molecule has 0 saturated heterocycles. The molecule has 1 N–H and O–H groups in total. The number of hydrogen-bond donors (Lipinski definition) is 1. The van der Waals surface area contributed by atoms with E-state index in [1.807, 2.05) is 40.7 Å². The Morgan fingerprint density at radius 3 is 1.65 bits per heavy atom. The SMILES string of the molecule is CC.CC.Cc1cc(C)c(O)c(C(C)(C)C)c1. The number of aromatic hydroxyl groups is 1. The smallest absolute Gasteiger partial charge is 0.122 e. The van der Waals surface area contributed by atoms with Crippen molar-refractivity contribution in [1.29, 1.82) is 0 Å². The maximum absolute atomic E-state index is 9.86. The van der Waals surface area contributed by atoms with Crippen LogP contribution < -0.4 is 0 Å². The Morgan fingerprint density at radius 1 is 0.882 bits per heavy atom. The zero-order chi connectivity index (χ0) is 14.2. The van der Waals surface area contributed by atoms with Gasteiger partial charge >= 0.3 is 0 Å². The molecule has 0 unspecified atom stereocenters. The van der Waals surface area contributed by atoms with Gasteiger partial charge in [0.2, 0.25) is 0 Å². The molecule has 0 aliphatic carbocycles. The van der Waals surface area contributed by atoms with E-state index in [9.17, 15) is 5.11 Å². The van der Waals surface area contributed by atoms with Crippen LogP contribution in [0.4, 0.5) is 0 Å². The van der Waals surface area contributed by atoms with Crippen molar-refractivity contribution in [1.82, 2.24) is 0 Å². The standard InChI is InChI=1S/C12H18O.2C2H6/c1-8-6-9(2)11(13)10(7-8)12(3,4)5;2*1-2/h6-7,13H,1-5H3;2*1-2H3. The fourth-order valence-electron chi connectivity index (χ4n) is 1.53. The minimum absolute atomic E-state index is 0.0147. The van der Waals surface area contributed by atoms with Crippen LogP contribution in [0.3, 0.4) is 0 Å². The number of hydrogen-bond acceptors (Lipinski definition) is 1. The molecule has 0 saturated carbocycles. The molecule has 1 nitrogen and oxygen atoms in total. The van der Waals surface area contributed by atoms with Crippen molar-refractivity contribution in [2.24, 2.45) is 0 Å². The lowest BCUT2D eigenvalue weighted by Gasteiger charge is -2.22. The van der Waals surface area contributed by atoms with Crippen molar-refractivity contribution >= 4 is 0 Å². The minimum atomic E-state index is 0.0147. The minimum Gasteiger partial charge on any atom is -0.507 e. The van der Waals surface area contributed by atoms with Gasteiger partial charge in [-0.25, -0.2) is 0 Å². The second kappa shape index (κ2) is 8.16. The molecule has 0 aliphatic rings. The molecule has 17 heavy (non-hydrogen) atoms. The molecule has 1 aromatic rings. The van der Waals surface area contributed by atoms with Gasteiger partial charge in [0, 0.05) is 0 Å². The molecule has 0 aromatic heterocycles. The first-order valence-corrected chi connectivity index (χ1v) is 6.63. The average Bonchev–Trinajstić information content (AvgIpc) is 2.27. The highest BCUT2D eigenvalue weighted by Gasteiger charge is 2.19. The van der Waals surface area contributed by atoms with Gasteiger partial charge in [-0.05, 0) is 30.4 Å². The normalized spacial score (nSPS) is 9.71. The average molecular weight is 238 g/mol.